The molecule has 1 rings (SSSR count). The molecule has 18 heavy (non-hydrogen) atoms. The summed E-state index contributed by atoms with van der Waals surface area (Å²) in [5.74, 6) is 0. The molecule has 0 aromatic heterocycles. The van der Waals surface area contributed by atoms with Gasteiger partial charge in [-0.25, -0.2) is 0 Å². The highest BCUT2D eigenvalue weighted by atomic mass is 19.4. The number of halogens is 3. The van der Waals surface area contributed by atoms with E-state index in [0.29, 0.717) is 19.4 Å². The monoisotopic (exact) mass is 268 g/mol. The Morgan fingerprint density at radius 3 is 2.33 bits per heavy atom. The van der Waals surface area contributed by atoms with Gasteiger partial charge in [-0.05, 0) is 46.2 Å². The maximum atomic E-state index is 12.4. The molecule has 0 saturated heterocycles. The van der Waals surface area contributed by atoms with Gasteiger partial charge in [0.2, 0.25) is 0 Å². The Labute approximate surface area is 106 Å². The lowest BCUT2D eigenvalue weighted by Crippen LogP contribution is -2.44. The van der Waals surface area contributed by atoms with Gasteiger partial charge in [0.1, 0.15) is 0 Å². The molecule has 1 aliphatic carbocycles. The maximum absolute atomic E-state index is 12.4. The molecule has 0 aromatic carbocycles. The summed E-state index contributed by atoms with van der Waals surface area (Å²) in [7, 11) is 1.75. The molecular formula is C12H23F3N2O. The lowest BCUT2D eigenvalue weighted by molar-refractivity contribution is -0.147. The Bertz CT molecular complexity index is 250. The van der Waals surface area contributed by atoms with Crippen molar-refractivity contribution < 1.29 is 18.3 Å². The normalized spacial score (nSPS) is 20.2. The number of nitrogens with zero attached hydrogens (tertiary/aromatic N) is 1. The quantitative estimate of drug-likeness (QED) is 0.704. The van der Waals surface area contributed by atoms with Crippen molar-refractivity contribution in [3.63, 3.8) is 0 Å². The number of aliphatic hydroxyl groups excluding tert-OH is 1. The lowest BCUT2D eigenvalue weighted by Gasteiger charge is -2.29. The zero-order chi connectivity index (χ0) is 13.8. The molecule has 3 nitrogen and oxygen atoms in total. The molecule has 108 valence electrons. The molecule has 2 N–H and O–H groups in total. The summed E-state index contributed by atoms with van der Waals surface area (Å²) in [5, 5.41) is 12.2. The van der Waals surface area contributed by atoms with E-state index in [-0.39, 0.29) is 12.6 Å². The average Bonchev–Trinajstić information content (AvgIpc) is 3.09. The van der Waals surface area contributed by atoms with Crippen LogP contribution in [-0.4, -0.2) is 54.5 Å². The third kappa shape index (κ3) is 5.54. The van der Waals surface area contributed by atoms with E-state index in [1.807, 2.05) is 6.92 Å². The number of nitrogens with one attached hydrogen (secondary N) is 1. The smallest absolute Gasteiger partial charge is 0.394 e. The van der Waals surface area contributed by atoms with Gasteiger partial charge in [0.15, 0.2) is 0 Å². The van der Waals surface area contributed by atoms with Crippen LogP contribution in [0.15, 0.2) is 0 Å². The van der Waals surface area contributed by atoms with E-state index >= 15 is 0 Å². The number of rotatable bonds is 8. The largest absolute Gasteiger partial charge is 0.401 e. The number of hydrogen-bond donors (Lipinski definition) is 2. The highest BCUT2D eigenvalue weighted by molar-refractivity contribution is 4.87. The summed E-state index contributed by atoms with van der Waals surface area (Å²) in [4.78, 5) is 1.52. The van der Waals surface area contributed by atoms with E-state index in [2.05, 4.69) is 5.32 Å². The fraction of sp³-hybridized carbons (Fsp3) is 1.00. The molecule has 0 aromatic rings. The minimum absolute atomic E-state index is 0.00774. The van der Waals surface area contributed by atoms with Crippen LogP contribution in [0.4, 0.5) is 13.2 Å². The number of aliphatic hydroxyl groups is 1. The van der Waals surface area contributed by atoms with Gasteiger partial charge in [0, 0.05) is 11.6 Å². The van der Waals surface area contributed by atoms with E-state index < -0.39 is 18.3 Å². The minimum atomic E-state index is -4.12. The Morgan fingerprint density at radius 1 is 1.33 bits per heavy atom. The van der Waals surface area contributed by atoms with Crippen molar-refractivity contribution in [1.82, 2.24) is 10.2 Å². The van der Waals surface area contributed by atoms with Gasteiger partial charge in [-0.1, -0.05) is 0 Å². The van der Waals surface area contributed by atoms with Gasteiger partial charge >= 0.3 is 6.18 Å². The van der Waals surface area contributed by atoms with Crippen molar-refractivity contribution >= 4 is 0 Å². The minimum Gasteiger partial charge on any atom is -0.394 e. The fourth-order valence-corrected chi connectivity index (χ4v) is 2.02. The van der Waals surface area contributed by atoms with E-state index in [4.69, 9.17) is 0 Å². The summed E-state index contributed by atoms with van der Waals surface area (Å²) in [6.45, 7) is 1.50. The van der Waals surface area contributed by atoms with Crippen molar-refractivity contribution in [3.8, 4) is 0 Å². The van der Waals surface area contributed by atoms with Gasteiger partial charge < -0.3 is 10.4 Å². The average molecular weight is 268 g/mol. The predicted octanol–water partition coefficient (Wildman–Crippen LogP) is 1.76. The first-order valence-corrected chi connectivity index (χ1v) is 6.40. The Hall–Kier alpha value is -0.330. The first-order chi connectivity index (χ1) is 8.29. The summed E-state index contributed by atoms with van der Waals surface area (Å²) in [6, 6.07) is 0.113. The van der Waals surface area contributed by atoms with Crippen molar-refractivity contribution in [1.29, 1.82) is 0 Å². The number of alkyl halides is 3. The topological polar surface area (TPSA) is 35.5 Å². The highest BCUT2D eigenvalue weighted by Crippen LogP contribution is 2.30. The van der Waals surface area contributed by atoms with E-state index in [1.165, 1.54) is 4.90 Å². The number of hydrogen-bond acceptors (Lipinski definition) is 3. The SMILES string of the molecule is CNC(C)(CO)CCCN(CC(F)(F)F)C1CC1. The van der Waals surface area contributed by atoms with Crippen LogP contribution in [0.3, 0.4) is 0 Å². The molecule has 1 unspecified atom stereocenters. The fourth-order valence-electron chi connectivity index (χ4n) is 2.02. The van der Waals surface area contributed by atoms with Gasteiger partial charge in [-0.2, -0.15) is 13.2 Å². The van der Waals surface area contributed by atoms with E-state index in [9.17, 15) is 18.3 Å². The van der Waals surface area contributed by atoms with Crippen molar-refractivity contribution in [2.75, 3.05) is 26.7 Å². The molecular weight excluding hydrogens is 245 g/mol. The first-order valence-electron chi connectivity index (χ1n) is 6.40. The van der Waals surface area contributed by atoms with Crippen LogP contribution in [0.1, 0.15) is 32.6 Å². The summed E-state index contributed by atoms with van der Waals surface area (Å²) in [6.07, 6.45) is -1.05. The lowest BCUT2D eigenvalue weighted by atomic mass is 9.97. The molecule has 6 heteroatoms. The molecule has 0 bridgehead atoms. The van der Waals surface area contributed by atoms with E-state index in [0.717, 1.165) is 12.8 Å². The molecule has 0 amide bonds. The molecule has 1 atom stereocenters. The van der Waals surface area contributed by atoms with Gasteiger partial charge in [-0.3, -0.25) is 4.90 Å². The molecule has 1 saturated carbocycles. The molecule has 1 fully saturated rings. The van der Waals surface area contributed by atoms with Crippen LogP contribution in [0.5, 0.6) is 0 Å². The van der Waals surface area contributed by atoms with Crippen LogP contribution < -0.4 is 5.32 Å². The summed E-state index contributed by atoms with van der Waals surface area (Å²) >= 11 is 0. The van der Waals surface area contributed by atoms with Crippen molar-refractivity contribution in [2.45, 2.75) is 50.4 Å². The van der Waals surface area contributed by atoms with Gasteiger partial charge in [0.05, 0.1) is 13.2 Å². The van der Waals surface area contributed by atoms with Crippen LogP contribution in [0.2, 0.25) is 0 Å². The van der Waals surface area contributed by atoms with E-state index in [1.54, 1.807) is 7.05 Å². The zero-order valence-electron chi connectivity index (χ0n) is 11.1. The summed E-state index contributed by atoms with van der Waals surface area (Å²) in [5.41, 5.74) is -0.395. The van der Waals surface area contributed by atoms with Crippen LogP contribution in [-0.2, 0) is 0 Å². The van der Waals surface area contributed by atoms with Crippen LogP contribution in [0, 0.1) is 0 Å². The summed E-state index contributed by atoms with van der Waals surface area (Å²) < 4.78 is 37.2. The first kappa shape index (κ1) is 15.7. The molecule has 1 aliphatic rings. The zero-order valence-corrected chi connectivity index (χ0v) is 11.1. The second-order valence-electron chi connectivity index (χ2n) is 5.39. The maximum Gasteiger partial charge on any atom is 0.401 e. The molecule has 0 spiro atoms. The molecule has 0 aliphatic heterocycles. The van der Waals surface area contributed by atoms with Gasteiger partial charge in [0.25, 0.3) is 0 Å². The second-order valence-corrected chi connectivity index (χ2v) is 5.39. The third-order valence-corrected chi connectivity index (χ3v) is 3.57. The third-order valence-electron chi connectivity index (χ3n) is 3.57. The van der Waals surface area contributed by atoms with Gasteiger partial charge in [-0.15, -0.1) is 0 Å². The second kappa shape index (κ2) is 6.21. The van der Waals surface area contributed by atoms with Crippen LogP contribution >= 0.6 is 0 Å². The predicted molar refractivity (Wildman–Crippen MR) is 64.4 cm³/mol. The molecule has 0 radical (unpaired) electrons. The Morgan fingerprint density at radius 2 is 1.94 bits per heavy atom. The Balaban J connectivity index is 2.34. The molecule has 0 heterocycles. The van der Waals surface area contributed by atoms with Crippen molar-refractivity contribution in [2.24, 2.45) is 0 Å². The standard InChI is InChI=1S/C12H23F3N2O/c1-11(9-18,16-2)6-3-7-17(10-4-5-10)8-12(13,14)15/h10,16,18H,3-9H2,1-2H3. The van der Waals surface area contributed by atoms with Crippen molar-refractivity contribution in [3.05, 3.63) is 0 Å². The van der Waals surface area contributed by atoms with Crippen LogP contribution in [0.25, 0.3) is 0 Å². The Kier molecular flexibility index (Phi) is 5.43. The number of likely N-dealkylation sites (N-methyl/N-ethyl adjacent to an activating group) is 1. The highest BCUT2D eigenvalue weighted by Gasteiger charge is 2.37.